The highest BCUT2D eigenvalue weighted by molar-refractivity contribution is 9.10. The molecule has 0 saturated carbocycles. The van der Waals surface area contributed by atoms with Crippen LogP contribution in [-0.4, -0.2) is 22.1 Å². The number of hydrogen-bond donors (Lipinski definition) is 2. The molecule has 1 atom stereocenters. The quantitative estimate of drug-likeness (QED) is 0.879. The highest BCUT2D eigenvalue weighted by atomic mass is 79.9. The zero-order chi connectivity index (χ0) is 11.4. The van der Waals surface area contributed by atoms with Crippen LogP contribution in [-0.2, 0) is 4.79 Å². The molecule has 4 nitrogen and oxygen atoms in total. The standard InChI is InChI=1S/C10H13BrN2O2.2ClH/c1-6(2)9(10(14)15)13-8-3-7(11)4-12-5-8;;/h3-6,9,13H,1-2H3,(H,14,15);2*1H. The molecule has 1 aromatic heterocycles. The van der Waals surface area contributed by atoms with E-state index >= 15 is 0 Å². The topological polar surface area (TPSA) is 62.2 Å². The van der Waals surface area contributed by atoms with E-state index in [2.05, 4.69) is 26.2 Å². The Hall–Kier alpha value is -0.520. The molecule has 0 aliphatic heterocycles. The van der Waals surface area contributed by atoms with Crippen LogP contribution in [0.3, 0.4) is 0 Å². The van der Waals surface area contributed by atoms with Crippen molar-refractivity contribution in [3.05, 3.63) is 22.9 Å². The third kappa shape index (κ3) is 6.10. The van der Waals surface area contributed by atoms with Gasteiger partial charge in [0, 0.05) is 10.7 Å². The molecule has 0 aromatic carbocycles. The minimum absolute atomic E-state index is 0. The fraction of sp³-hybridized carbons (Fsp3) is 0.400. The molecular weight excluding hydrogens is 331 g/mol. The normalized spacial score (nSPS) is 11.1. The van der Waals surface area contributed by atoms with Crippen LogP contribution in [0, 0.1) is 5.92 Å². The maximum Gasteiger partial charge on any atom is 0.326 e. The summed E-state index contributed by atoms with van der Waals surface area (Å²) < 4.78 is 0.820. The summed E-state index contributed by atoms with van der Waals surface area (Å²) in [6.45, 7) is 3.72. The molecule has 1 unspecified atom stereocenters. The molecule has 0 fully saturated rings. The second-order valence-corrected chi connectivity index (χ2v) is 4.51. The number of aliphatic carboxylic acids is 1. The number of aromatic nitrogens is 1. The second kappa shape index (κ2) is 8.55. The van der Waals surface area contributed by atoms with E-state index in [-0.39, 0.29) is 30.7 Å². The lowest BCUT2D eigenvalue weighted by Crippen LogP contribution is -2.34. The van der Waals surface area contributed by atoms with Gasteiger partial charge in [-0.3, -0.25) is 4.98 Å². The van der Waals surface area contributed by atoms with Gasteiger partial charge in [0.25, 0.3) is 0 Å². The van der Waals surface area contributed by atoms with Gasteiger partial charge in [0.05, 0.1) is 11.9 Å². The van der Waals surface area contributed by atoms with Crippen LogP contribution in [0.1, 0.15) is 13.8 Å². The van der Waals surface area contributed by atoms with Gasteiger partial charge in [-0.15, -0.1) is 24.8 Å². The Bertz CT molecular complexity index is 364. The molecule has 0 saturated heterocycles. The van der Waals surface area contributed by atoms with Gasteiger partial charge in [-0.05, 0) is 27.9 Å². The number of nitrogens with zero attached hydrogens (tertiary/aromatic N) is 1. The Labute approximate surface area is 121 Å². The molecule has 1 rings (SSSR count). The monoisotopic (exact) mass is 344 g/mol. The largest absolute Gasteiger partial charge is 0.480 e. The predicted octanol–water partition coefficient (Wildman–Crippen LogP) is 3.21. The maximum absolute atomic E-state index is 10.9. The van der Waals surface area contributed by atoms with Crippen LogP contribution in [0.5, 0.6) is 0 Å². The molecule has 0 spiro atoms. The van der Waals surface area contributed by atoms with Crippen LogP contribution in [0.25, 0.3) is 0 Å². The van der Waals surface area contributed by atoms with E-state index < -0.39 is 12.0 Å². The number of halogens is 3. The van der Waals surface area contributed by atoms with Crippen molar-refractivity contribution < 1.29 is 9.90 Å². The molecule has 0 aliphatic rings. The van der Waals surface area contributed by atoms with E-state index in [4.69, 9.17) is 5.11 Å². The second-order valence-electron chi connectivity index (χ2n) is 3.60. The van der Waals surface area contributed by atoms with Gasteiger partial charge in [-0.1, -0.05) is 13.8 Å². The summed E-state index contributed by atoms with van der Waals surface area (Å²) in [4.78, 5) is 14.9. The SMILES string of the molecule is CC(C)C(Nc1cncc(Br)c1)C(=O)O.Cl.Cl. The fourth-order valence-electron chi connectivity index (χ4n) is 1.18. The smallest absolute Gasteiger partial charge is 0.326 e. The number of nitrogens with one attached hydrogen (secondary N) is 1. The van der Waals surface area contributed by atoms with E-state index in [1.165, 1.54) is 0 Å². The van der Waals surface area contributed by atoms with Crippen molar-refractivity contribution in [2.45, 2.75) is 19.9 Å². The lowest BCUT2D eigenvalue weighted by molar-refractivity contribution is -0.138. The van der Waals surface area contributed by atoms with Crippen LogP contribution < -0.4 is 5.32 Å². The highest BCUT2D eigenvalue weighted by Gasteiger charge is 2.20. The molecular formula is C10H15BrCl2N2O2. The number of carboxylic acids is 1. The molecule has 1 heterocycles. The maximum atomic E-state index is 10.9. The van der Waals surface area contributed by atoms with Crippen LogP contribution >= 0.6 is 40.7 Å². The van der Waals surface area contributed by atoms with Gasteiger partial charge < -0.3 is 10.4 Å². The van der Waals surface area contributed by atoms with Gasteiger partial charge in [0.15, 0.2) is 0 Å². The van der Waals surface area contributed by atoms with Crippen LogP contribution in [0.4, 0.5) is 5.69 Å². The first kappa shape index (κ1) is 18.8. The minimum atomic E-state index is -0.857. The summed E-state index contributed by atoms with van der Waals surface area (Å²) in [5.74, 6) is -0.841. The van der Waals surface area contributed by atoms with Crippen LogP contribution in [0.2, 0.25) is 0 Å². The van der Waals surface area contributed by atoms with Crippen LogP contribution in [0.15, 0.2) is 22.9 Å². The number of hydrogen-bond acceptors (Lipinski definition) is 3. The van der Waals surface area contributed by atoms with Gasteiger partial charge >= 0.3 is 5.97 Å². The van der Waals surface area contributed by atoms with Crippen molar-refractivity contribution in [2.75, 3.05) is 5.32 Å². The zero-order valence-corrected chi connectivity index (χ0v) is 12.6. The number of carbonyl (C=O) groups is 1. The first-order valence-electron chi connectivity index (χ1n) is 4.60. The lowest BCUT2D eigenvalue weighted by atomic mass is 10.0. The number of pyridine rings is 1. The Kier molecular flexibility index (Phi) is 9.48. The number of rotatable bonds is 4. The lowest BCUT2D eigenvalue weighted by Gasteiger charge is -2.18. The molecule has 0 bridgehead atoms. The zero-order valence-electron chi connectivity index (χ0n) is 9.38. The average Bonchev–Trinajstić information content (AvgIpc) is 2.13. The number of carboxylic acid groups (broad SMARTS) is 1. The van der Waals surface area contributed by atoms with Gasteiger partial charge in [0.2, 0.25) is 0 Å². The van der Waals surface area contributed by atoms with E-state index in [9.17, 15) is 4.79 Å². The van der Waals surface area contributed by atoms with Crippen molar-refractivity contribution in [3.63, 3.8) is 0 Å². The van der Waals surface area contributed by atoms with Gasteiger partial charge in [0.1, 0.15) is 6.04 Å². The first-order chi connectivity index (χ1) is 7.00. The average molecular weight is 346 g/mol. The Morgan fingerprint density at radius 1 is 1.41 bits per heavy atom. The third-order valence-corrected chi connectivity index (χ3v) is 2.39. The minimum Gasteiger partial charge on any atom is -0.480 e. The van der Waals surface area contributed by atoms with Crippen molar-refractivity contribution in [1.29, 1.82) is 0 Å². The van der Waals surface area contributed by atoms with Gasteiger partial charge in [-0.25, -0.2) is 4.79 Å². The molecule has 17 heavy (non-hydrogen) atoms. The Morgan fingerprint density at radius 3 is 2.41 bits per heavy atom. The highest BCUT2D eigenvalue weighted by Crippen LogP contribution is 2.16. The predicted molar refractivity (Wildman–Crippen MR) is 76.3 cm³/mol. The number of anilines is 1. The summed E-state index contributed by atoms with van der Waals surface area (Å²) in [5, 5.41) is 11.9. The molecule has 1 aromatic rings. The van der Waals surface area contributed by atoms with Crippen molar-refractivity contribution in [2.24, 2.45) is 5.92 Å². The molecule has 7 heteroatoms. The molecule has 0 aliphatic carbocycles. The van der Waals surface area contributed by atoms with Gasteiger partial charge in [-0.2, -0.15) is 0 Å². The van der Waals surface area contributed by atoms with E-state index in [0.717, 1.165) is 4.47 Å². The van der Waals surface area contributed by atoms with E-state index in [0.29, 0.717) is 5.69 Å². The summed E-state index contributed by atoms with van der Waals surface area (Å²) in [5.41, 5.74) is 0.700. The third-order valence-electron chi connectivity index (χ3n) is 1.96. The van der Waals surface area contributed by atoms with Crippen molar-refractivity contribution in [1.82, 2.24) is 4.98 Å². The van der Waals surface area contributed by atoms with Crippen molar-refractivity contribution >= 4 is 52.4 Å². The summed E-state index contributed by atoms with van der Waals surface area (Å²) in [6.07, 6.45) is 3.25. The first-order valence-corrected chi connectivity index (χ1v) is 5.40. The van der Waals surface area contributed by atoms with Crippen molar-refractivity contribution in [3.8, 4) is 0 Å². The van der Waals surface area contributed by atoms with E-state index in [1.807, 2.05) is 13.8 Å². The Balaban J connectivity index is 0. The summed E-state index contributed by atoms with van der Waals surface area (Å²) in [6, 6.07) is 1.20. The molecule has 0 amide bonds. The molecule has 0 radical (unpaired) electrons. The fourth-order valence-corrected chi connectivity index (χ4v) is 1.55. The molecule has 98 valence electrons. The molecule has 2 N–H and O–H groups in total. The summed E-state index contributed by atoms with van der Waals surface area (Å²) in [7, 11) is 0. The van der Waals surface area contributed by atoms with E-state index in [1.54, 1.807) is 18.5 Å². The Morgan fingerprint density at radius 2 is 2.00 bits per heavy atom. The summed E-state index contributed by atoms with van der Waals surface area (Å²) >= 11 is 3.28.